The number of nitrogens with zero attached hydrogens (tertiary/aromatic N) is 2. The molecule has 4 heteroatoms. The Bertz CT molecular complexity index is 838. The van der Waals surface area contributed by atoms with Crippen molar-refractivity contribution in [2.45, 2.75) is 32.2 Å². The largest absolute Gasteiger partial charge is 0.497 e. The van der Waals surface area contributed by atoms with Gasteiger partial charge in [0.05, 0.1) is 18.4 Å². The molecule has 1 heterocycles. The highest BCUT2D eigenvalue weighted by atomic mass is 16.5. The molecule has 2 aromatic carbocycles. The zero-order valence-corrected chi connectivity index (χ0v) is 15.5. The molecular formula is C22H24N2O2. The van der Waals surface area contributed by atoms with E-state index in [9.17, 15) is 4.79 Å². The summed E-state index contributed by atoms with van der Waals surface area (Å²) in [4.78, 5) is 12.7. The first-order valence-electron chi connectivity index (χ1n) is 8.76. The summed E-state index contributed by atoms with van der Waals surface area (Å²) in [5.41, 5.74) is 2.65. The fourth-order valence-corrected chi connectivity index (χ4v) is 3.08. The van der Waals surface area contributed by atoms with Crippen molar-refractivity contribution in [3.63, 3.8) is 0 Å². The molecule has 4 nitrogen and oxygen atoms in total. The average molecular weight is 348 g/mol. The molecule has 0 saturated heterocycles. The third-order valence-corrected chi connectivity index (χ3v) is 4.44. The zero-order chi connectivity index (χ0) is 18.6. The summed E-state index contributed by atoms with van der Waals surface area (Å²) in [6, 6.07) is 17.8. The number of carbonyl (C=O) groups excluding carboxylic acids is 1. The lowest BCUT2D eigenvalue weighted by Gasteiger charge is -2.28. The molecule has 0 spiro atoms. The predicted octanol–water partition coefficient (Wildman–Crippen LogP) is 4.51. The predicted molar refractivity (Wildman–Crippen MR) is 105 cm³/mol. The van der Waals surface area contributed by atoms with Crippen molar-refractivity contribution in [1.29, 1.82) is 0 Å². The quantitative estimate of drug-likeness (QED) is 0.797. The SMILES string of the molecule is COc1cccc(C2=NN(C(=O)C/C=C/c3ccccc3)C(C)(C)C2)c1. The minimum absolute atomic E-state index is 0.0000715. The second-order valence-corrected chi connectivity index (χ2v) is 6.99. The first-order chi connectivity index (χ1) is 12.5. The minimum atomic E-state index is -0.337. The van der Waals surface area contributed by atoms with E-state index in [1.165, 1.54) is 0 Å². The normalized spacial score (nSPS) is 16.0. The van der Waals surface area contributed by atoms with Gasteiger partial charge in [0, 0.05) is 18.4 Å². The van der Waals surface area contributed by atoms with Crippen molar-refractivity contribution in [3.8, 4) is 5.75 Å². The third kappa shape index (κ3) is 4.02. The van der Waals surface area contributed by atoms with Gasteiger partial charge in [-0.25, -0.2) is 5.01 Å². The van der Waals surface area contributed by atoms with E-state index in [4.69, 9.17) is 4.74 Å². The Morgan fingerprint density at radius 3 is 2.69 bits per heavy atom. The van der Waals surface area contributed by atoms with Gasteiger partial charge in [0.1, 0.15) is 5.75 Å². The minimum Gasteiger partial charge on any atom is -0.497 e. The summed E-state index contributed by atoms with van der Waals surface area (Å²) < 4.78 is 5.29. The lowest BCUT2D eigenvalue weighted by molar-refractivity contribution is -0.134. The number of methoxy groups -OCH3 is 1. The van der Waals surface area contributed by atoms with Crippen molar-refractivity contribution in [2.24, 2.45) is 5.10 Å². The number of ether oxygens (including phenoxy) is 1. The number of amides is 1. The molecule has 0 fully saturated rings. The van der Waals surface area contributed by atoms with Gasteiger partial charge in [-0.1, -0.05) is 54.6 Å². The van der Waals surface area contributed by atoms with E-state index in [-0.39, 0.29) is 11.4 Å². The molecule has 0 unspecified atom stereocenters. The molecule has 0 atom stereocenters. The number of benzene rings is 2. The van der Waals surface area contributed by atoms with Crippen LogP contribution in [-0.4, -0.2) is 29.3 Å². The number of hydrazone groups is 1. The number of carbonyl (C=O) groups is 1. The summed E-state index contributed by atoms with van der Waals surface area (Å²) in [6.45, 7) is 4.09. The van der Waals surface area contributed by atoms with Crippen LogP contribution in [0.2, 0.25) is 0 Å². The smallest absolute Gasteiger partial charge is 0.246 e. The zero-order valence-electron chi connectivity index (χ0n) is 15.5. The van der Waals surface area contributed by atoms with Gasteiger partial charge in [0.25, 0.3) is 0 Å². The average Bonchev–Trinajstić information content (AvgIpc) is 2.98. The van der Waals surface area contributed by atoms with Gasteiger partial charge in [-0.15, -0.1) is 0 Å². The first kappa shape index (κ1) is 17.9. The van der Waals surface area contributed by atoms with Crippen LogP contribution in [0.25, 0.3) is 6.08 Å². The molecular weight excluding hydrogens is 324 g/mol. The Morgan fingerprint density at radius 1 is 1.19 bits per heavy atom. The van der Waals surface area contributed by atoms with Crippen LogP contribution in [0.1, 0.15) is 37.8 Å². The van der Waals surface area contributed by atoms with Crippen molar-refractivity contribution in [2.75, 3.05) is 7.11 Å². The lowest BCUT2D eigenvalue weighted by atomic mass is 9.94. The van der Waals surface area contributed by atoms with Crippen molar-refractivity contribution < 1.29 is 9.53 Å². The van der Waals surface area contributed by atoms with E-state index in [0.29, 0.717) is 12.8 Å². The fourth-order valence-electron chi connectivity index (χ4n) is 3.08. The summed E-state index contributed by atoms with van der Waals surface area (Å²) in [6.07, 6.45) is 4.90. The van der Waals surface area contributed by atoms with Crippen molar-refractivity contribution in [3.05, 3.63) is 71.8 Å². The van der Waals surface area contributed by atoms with Crippen LogP contribution in [0.4, 0.5) is 0 Å². The molecule has 0 radical (unpaired) electrons. The van der Waals surface area contributed by atoms with E-state index in [0.717, 1.165) is 22.6 Å². The molecule has 3 rings (SSSR count). The van der Waals surface area contributed by atoms with Crippen molar-refractivity contribution in [1.82, 2.24) is 5.01 Å². The molecule has 1 amide bonds. The Balaban J connectivity index is 1.74. The van der Waals surface area contributed by atoms with Crippen LogP contribution >= 0.6 is 0 Å². The van der Waals surface area contributed by atoms with Gasteiger partial charge < -0.3 is 4.74 Å². The number of hydrogen-bond acceptors (Lipinski definition) is 3. The topological polar surface area (TPSA) is 41.9 Å². The second kappa shape index (κ2) is 7.56. The molecule has 0 bridgehead atoms. The van der Waals surface area contributed by atoms with Gasteiger partial charge in [-0.3, -0.25) is 4.79 Å². The van der Waals surface area contributed by atoms with Gasteiger partial charge >= 0.3 is 0 Å². The molecule has 1 aliphatic rings. The lowest BCUT2D eigenvalue weighted by Crippen LogP contribution is -2.40. The Kier molecular flexibility index (Phi) is 5.21. The van der Waals surface area contributed by atoms with E-state index in [2.05, 4.69) is 5.10 Å². The molecule has 134 valence electrons. The maximum absolute atomic E-state index is 12.7. The van der Waals surface area contributed by atoms with Crippen LogP contribution in [0.15, 0.2) is 65.8 Å². The highest BCUT2D eigenvalue weighted by Gasteiger charge is 2.37. The number of hydrogen-bond donors (Lipinski definition) is 0. The Morgan fingerprint density at radius 2 is 1.96 bits per heavy atom. The Hall–Kier alpha value is -2.88. The summed E-state index contributed by atoms with van der Waals surface area (Å²) in [7, 11) is 1.65. The molecule has 0 saturated carbocycles. The highest BCUT2D eigenvalue weighted by Crippen LogP contribution is 2.31. The van der Waals surface area contributed by atoms with Crippen LogP contribution in [0, 0.1) is 0 Å². The second-order valence-electron chi connectivity index (χ2n) is 6.99. The highest BCUT2D eigenvalue weighted by molar-refractivity contribution is 6.03. The summed E-state index contributed by atoms with van der Waals surface area (Å²) in [5.74, 6) is 0.790. The standard InChI is InChI=1S/C22H24N2O2/c1-22(2)16-20(18-12-8-13-19(15-18)26-3)23-24(22)21(25)14-7-11-17-9-5-4-6-10-17/h4-13,15H,14,16H2,1-3H3/b11-7+. The van der Waals surface area contributed by atoms with E-state index in [1.54, 1.807) is 12.1 Å². The summed E-state index contributed by atoms with van der Waals surface area (Å²) in [5, 5.41) is 6.25. The monoisotopic (exact) mass is 348 g/mol. The first-order valence-corrected chi connectivity index (χ1v) is 8.76. The summed E-state index contributed by atoms with van der Waals surface area (Å²) >= 11 is 0. The van der Waals surface area contributed by atoms with E-state index < -0.39 is 0 Å². The number of rotatable bonds is 5. The molecule has 0 aromatic heterocycles. The van der Waals surface area contributed by atoms with Crippen LogP contribution < -0.4 is 4.74 Å². The molecule has 26 heavy (non-hydrogen) atoms. The van der Waals surface area contributed by atoms with Crippen molar-refractivity contribution >= 4 is 17.7 Å². The van der Waals surface area contributed by atoms with Gasteiger partial charge in [0.2, 0.25) is 5.91 Å². The van der Waals surface area contributed by atoms with Gasteiger partial charge in [-0.05, 0) is 31.5 Å². The molecule has 1 aliphatic heterocycles. The molecule has 2 aromatic rings. The van der Waals surface area contributed by atoms with Crippen LogP contribution in [0.3, 0.4) is 0 Å². The van der Waals surface area contributed by atoms with Crippen LogP contribution in [0.5, 0.6) is 5.75 Å². The molecule has 0 aliphatic carbocycles. The third-order valence-electron chi connectivity index (χ3n) is 4.44. The van der Waals surface area contributed by atoms with Gasteiger partial charge in [-0.2, -0.15) is 5.10 Å². The Labute approximate surface area is 154 Å². The molecule has 0 N–H and O–H groups in total. The van der Waals surface area contributed by atoms with E-state index >= 15 is 0 Å². The van der Waals surface area contributed by atoms with E-state index in [1.807, 2.05) is 80.6 Å². The van der Waals surface area contributed by atoms with Crippen LogP contribution in [-0.2, 0) is 4.79 Å². The maximum atomic E-state index is 12.7. The fraction of sp³-hybridized carbons (Fsp3) is 0.273. The van der Waals surface area contributed by atoms with Gasteiger partial charge in [0.15, 0.2) is 0 Å². The maximum Gasteiger partial charge on any atom is 0.246 e.